The fourth-order valence-corrected chi connectivity index (χ4v) is 2.54. The van der Waals surface area contributed by atoms with Gasteiger partial charge in [0.25, 0.3) is 0 Å². The lowest BCUT2D eigenvalue weighted by atomic mass is 9.85. The van der Waals surface area contributed by atoms with Gasteiger partial charge in [-0.3, -0.25) is 4.68 Å². The number of aromatic nitrogens is 2. The zero-order valence-corrected chi connectivity index (χ0v) is 13.6. The normalized spacial score (nSPS) is 12.7. The van der Waals surface area contributed by atoms with Crippen LogP contribution >= 0.6 is 0 Å². The SMILES string of the molecule is CC(C)(C)c1cnn(C(C)(C)C)c1Cc1ccccc1. The molecule has 0 saturated carbocycles. The number of rotatable bonds is 2. The molecule has 0 saturated heterocycles. The van der Waals surface area contributed by atoms with Gasteiger partial charge < -0.3 is 0 Å². The first-order valence-electron chi connectivity index (χ1n) is 7.31. The quantitative estimate of drug-likeness (QED) is 0.784. The van der Waals surface area contributed by atoms with Crippen molar-refractivity contribution in [2.75, 3.05) is 0 Å². The molecule has 0 aliphatic heterocycles. The molecule has 20 heavy (non-hydrogen) atoms. The van der Waals surface area contributed by atoms with Crippen molar-refractivity contribution in [3.05, 3.63) is 53.3 Å². The van der Waals surface area contributed by atoms with Crippen molar-refractivity contribution >= 4 is 0 Å². The van der Waals surface area contributed by atoms with E-state index in [0.29, 0.717) is 0 Å². The molecule has 0 atom stereocenters. The smallest absolute Gasteiger partial charge is 0.0546 e. The minimum atomic E-state index is 0.00755. The average molecular weight is 270 g/mol. The minimum absolute atomic E-state index is 0.00755. The van der Waals surface area contributed by atoms with E-state index in [4.69, 9.17) is 0 Å². The highest BCUT2D eigenvalue weighted by molar-refractivity contribution is 5.32. The lowest BCUT2D eigenvalue weighted by Gasteiger charge is -2.26. The Kier molecular flexibility index (Phi) is 3.77. The minimum Gasteiger partial charge on any atom is -0.264 e. The van der Waals surface area contributed by atoms with E-state index in [1.807, 2.05) is 6.20 Å². The summed E-state index contributed by atoms with van der Waals surface area (Å²) in [6.07, 6.45) is 2.98. The third-order valence-electron chi connectivity index (χ3n) is 3.53. The van der Waals surface area contributed by atoms with Gasteiger partial charge in [0.15, 0.2) is 0 Å². The van der Waals surface area contributed by atoms with Gasteiger partial charge in [0.2, 0.25) is 0 Å². The maximum atomic E-state index is 4.67. The molecular formula is C18H26N2. The molecule has 0 bridgehead atoms. The Morgan fingerprint density at radius 2 is 1.55 bits per heavy atom. The van der Waals surface area contributed by atoms with Crippen molar-refractivity contribution in [3.63, 3.8) is 0 Å². The summed E-state index contributed by atoms with van der Waals surface area (Å²) < 4.78 is 2.18. The third kappa shape index (κ3) is 3.12. The summed E-state index contributed by atoms with van der Waals surface area (Å²) in [7, 11) is 0. The maximum absolute atomic E-state index is 4.67. The van der Waals surface area contributed by atoms with Crippen LogP contribution in [0.5, 0.6) is 0 Å². The molecule has 2 nitrogen and oxygen atoms in total. The predicted molar refractivity (Wildman–Crippen MR) is 85.2 cm³/mol. The van der Waals surface area contributed by atoms with Crippen LogP contribution in [-0.4, -0.2) is 9.78 Å². The van der Waals surface area contributed by atoms with Crippen LogP contribution in [0.25, 0.3) is 0 Å². The molecule has 0 fully saturated rings. The van der Waals surface area contributed by atoms with Crippen LogP contribution in [0.2, 0.25) is 0 Å². The van der Waals surface area contributed by atoms with Gasteiger partial charge >= 0.3 is 0 Å². The van der Waals surface area contributed by atoms with E-state index in [9.17, 15) is 0 Å². The monoisotopic (exact) mass is 270 g/mol. The van der Waals surface area contributed by atoms with Crippen molar-refractivity contribution in [2.45, 2.75) is 58.9 Å². The second kappa shape index (κ2) is 5.08. The van der Waals surface area contributed by atoms with E-state index in [2.05, 4.69) is 81.7 Å². The van der Waals surface area contributed by atoms with Crippen molar-refractivity contribution < 1.29 is 0 Å². The number of hydrogen-bond donors (Lipinski definition) is 0. The molecule has 0 amide bonds. The number of nitrogens with zero attached hydrogens (tertiary/aromatic N) is 2. The first-order chi connectivity index (χ1) is 9.19. The van der Waals surface area contributed by atoms with Crippen LogP contribution in [0, 0.1) is 0 Å². The topological polar surface area (TPSA) is 17.8 Å². The van der Waals surface area contributed by atoms with E-state index in [0.717, 1.165) is 6.42 Å². The van der Waals surface area contributed by atoms with Gasteiger partial charge in [-0.15, -0.1) is 0 Å². The van der Waals surface area contributed by atoms with Crippen LogP contribution in [0.15, 0.2) is 36.5 Å². The Labute approximate surface area is 122 Å². The highest BCUT2D eigenvalue weighted by Gasteiger charge is 2.26. The zero-order valence-electron chi connectivity index (χ0n) is 13.6. The number of hydrogen-bond acceptors (Lipinski definition) is 1. The lowest BCUT2D eigenvalue weighted by molar-refractivity contribution is 0.344. The second-order valence-electron chi connectivity index (χ2n) is 7.50. The van der Waals surface area contributed by atoms with Crippen LogP contribution < -0.4 is 0 Å². The van der Waals surface area contributed by atoms with Crippen LogP contribution in [-0.2, 0) is 17.4 Å². The van der Waals surface area contributed by atoms with Crippen molar-refractivity contribution in [1.82, 2.24) is 9.78 Å². The van der Waals surface area contributed by atoms with E-state index in [1.54, 1.807) is 0 Å². The van der Waals surface area contributed by atoms with E-state index >= 15 is 0 Å². The summed E-state index contributed by atoms with van der Waals surface area (Å²) >= 11 is 0. The summed E-state index contributed by atoms with van der Waals surface area (Å²) in [5.41, 5.74) is 4.14. The maximum Gasteiger partial charge on any atom is 0.0546 e. The van der Waals surface area contributed by atoms with Gasteiger partial charge in [0.05, 0.1) is 11.7 Å². The van der Waals surface area contributed by atoms with Crippen molar-refractivity contribution in [1.29, 1.82) is 0 Å². The van der Waals surface area contributed by atoms with E-state index in [1.165, 1.54) is 16.8 Å². The molecule has 2 aromatic rings. The van der Waals surface area contributed by atoms with Gasteiger partial charge in [-0.25, -0.2) is 0 Å². The van der Waals surface area contributed by atoms with E-state index in [-0.39, 0.29) is 11.0 Å². The standard InChI is InChI=1S/C18H26N2/c1-17(2,3)15-13-19-20(18(4,5)6)16(15)12-14-10-8-7-9-11-14/h7-11,13H,12H2,1-6H3. The fourth-order valence-electron chi connectivity index (χ4n) is 2.54. The van der Waals surface area contributed by atoms with Gasteiger partial charge in [-0.05, 0) is 37.3 Å². The highest BCUT2D eigenvalue weighted by Crippen LogP contribution is 2.30. The molecular weight excluding hydrogens is 244 g/mol. The number of benzene rings is 1. The molecule has 0 aliphatic carbocycles. The first-order valence-corrected chi connectivity index (χ1v) is 7.31. The van der Waals surface area contributed by atoms with Gasteiger partial charge in [-0.1, -0.05) is 51.1 Å². The Balaban J connectivity index is 2.50. The molecule has 1 aromatic heterocycles. The zero-order chi connectivity index (χ0) is 15.0. The van der Waals surface area contributed by atoms with Crippen molar-refractivity contribution in [3.8, 4) is 0 Å². The summed E-state index contributed by atoms with van der Waals surface area (Å²) in [5, 5.41) is 4.67. The largest absolute Gasteiger partial charge is 0.264 e. The molecule has 108 valence electrons. The predicted octanol–water partition coefficient (Wildman–Crippen LogP) is 4.53. The van der Waals surface area contributed by atoms with Gasteiger partial charge in [-0.2, -0.15) is 5.10 Å². The molecule has 0 spiro atoms. The molecule has 2 rings (SSSR count). The highest BCUT2D eigenvalue weighted by atomic mass is 15.3. The van der Waals surface area contributed by atoms with Crippen molar-refractivity contribution in [2.24, 2.45) is 0 Å². The average Bonchev–Trinajstić information content (AvgIpc) is 2.73. The second-order valence-corrected chi connectivity index (χ2v) is 7.50. The Morgan fingerprint density at radius 1 is 0.950 bits per heavy atom. The lowest BCUT2D eigenvalue weighted by Crippen LogP contribution is -2.26. The molecule has 0 unspecified atom stereocenters. The molecule has 0 aliphatic rings. The molecule has 1 aromatic carbocycles. The summed E-state index contributed by atoms with van der Waals surface area (Å²) in [6, 6.07) is 10.6. The molecule has 0 radical (unpaired) electrons. The third-order valence-corrected chi connectivity index (χ3v) is 3.53. The van der Waals surface area contributed by atoms with Crippen LogP contribution in [0.4, 0.5) is 0 Å². The Bertz CT molecular complexity index is 534. The van der Waals surface area contributed by atoms with Crippen LogP contribution in [0.3, 0.4) is 0 Å². The summed E-state index contributed by atoms with van der Waals surface area (Å²) in [5.74, 6) is 0. The molecule has 1 heterocycles. The Morgan fingerprint density at radius 3 is 2.05 bits per heavy atom. The van der Waals surface area contributed by atoms with E-state index < -0.39 is 0 Å². The fraction of sp³-hybridized carbons (Fsp3) is 0.500. The molecule has 0 N–H and O–H groups in total. The summed E-state index contributed by atoms with van der Waals surface area (Å²) in [4.78, 5) is 0. The van der Waals surface area contributed by atoms with Crippen LogP contribution in [0.1, 0.15) is 58.4 Å². The first kappa shape index (κ1) is 14.8. The molecule has 2 heteroatoms. The van der Waals surface area contributed by atoms with Gasteiger partial charge in [0, 0.05) is 12.1 Å². The van der Waals surface area contributed by atoms with Gasteiger partial charge in [0.1, 0.15) is 0 Å². The Hall–Kier alpha value is -1.57. The summed E-state index contributed by atoms with van der Waals surface area (Å²) in [6.45, 7) is 13.4.